The number of hydrogen-bond donors (Lipinski definition) is 2. The van der Waals surface area contributed by atoms with Crippen LogP contribution in [-0.4, -0.2) is 32.6 Å². The minimum absolute atomic E-state index is 0.0680. The van der Waals surface area contributed by atoms with Gasteiger partial charge in [-0.2, -0.15) is 0 Å². The van der Waals surface area contributed by atoms with Gasteiger partial charge in [0.25, 0.3) is 5.56 Å². The minimum atomic E-state index is -1.11. The second-order valence-electron chi connectivity index (χ2n) is 6.54. The van der Waals surface area contributed by atoms with Crippen LogP contribution in [0.15, 0.2) is 39.8 Å². The number of para-hydroxylation sites is 1. The van der Waals surface area contributed by atoms with Gasteiger partial charge in [-0.3, -0.25) is 14.2 Å². The van der Waals surface area contributed by atoms with Crippen LogP contribution in [0.5, 0.6) is 0 Å². The zero-order valence-electron chi connectivity index (χ0n) is 14.4. The Morgan fingerprint density at radius 1 is 1.31 bits per heavy atom. The summed E-state index contributed by atoms with van der Waals surface area (Å²) in [5.74, 6) is -1.57. The molecule has 8 heteroatoms. The molecule has 0 saturated carbocycles. The molecule has 2 heterocycles. The lowest BCUT2D eigenvalue weighted by molar-refractivity contribution is -0.142. The Hall–Kier alpha value is -3.16. The molecule has 0 saturated heterocycles. The number of amides is 1. The Morgan fingerprint density at radius 2 is 2.04 bits per heavy atom. The van der Waals surface area contributed by atoms with E-state index in [9.17, 15) is 19.5 Å². The van der Waals surface area contributed by atoms with Crippen LogP contribution in [0.1, 0.15) is 20.3 Å². The van der Waals surface area contributed by atoms with Crippen LogP contribution in [0.4, 0.5) is 0 Å². The van der Waals surface area contributed by atoms with E-state index in [0.717, 1.165) is 9.95 Å². The number of furan rings is 1. The third kappa shape index (κ3) is 3.44. The van der Waals surface area contributed by atoms with Crippen molar-refractivity contribution in [2.24, 2.45) is 5.92 Å². The number of carboxylic acid groups (broad SMARTS) is 1. The van der Waals surface area contributed by atoms with Gasteiger partial charge in [-0.25, -0.2) is 9.78 Å². The Labute approximate surface area is 148 Å². The van der Waals surface area contributed by atoms with Gasteiger partial charge in [0.15, 0.2) is 0 Å². The number of benzene rings is 1. The minimum Gasteiger partial charge on any atom is -0.480 e. The van der Waals surface area contributed by atoms with Crippen LogP contribution in [0.25, 0.3) is 22.1 Å². The number of hydrogen-bond acceptors (Lipinski definition) is 5. The third-order valence-corrected chi connectivity index (χ3v) is 4.00. The smallest absolute Gasteiger partial charge is 0.326 e. The van der Waals surface area contributed by atoms with E-state index >= 15 is 0 Å². The number of carbonyl (C=O) groups is 2. The van der Waals surface area contributed by atoms with Gasteiger partial charge in [0.2, 0.25) is 11.5 Å². The largest absolute Gasteiger partial charge is 0.480 e. The van der Waals surface area contributed by atoms with Crippen LogP contribution in [0, 0.1) is 5.92 Å². The maximum absolute atomic E-state index is 12.6. The normalized spacial score (nSPS) is 12.6. The number of rotatable bonds is 6. The van der Waals surface area contributed by atoms with Gasteiger partial charge in [0, 0.05) is 5.39 Å². The van der Waals surface area contributed by atoms with Crippen molar-refractivity contribution in [2.75, 3.05) is 0 Å². The van der Waals surface area contributed by atoms with E-state index in [1.807, 2.05) is 19.9 Å². The van der Waals surface area contributed by atoms with Gasteiger partial charge in [0.1, 0.15) is 23.7 Å². The fourth-order valence-electron chi connectivity index (χ4n) is 2.82. The highest BCUT2D eigenvalue weighted by atomic mass is 16.4. The van der Waals surface area contributed by atoms with E-state index in [2.05, 4.69) is 10.3 Å². The quantitative estimate of drug-likeness (QED) is 0.695. The van der Waals surface area contributed by atoms with Crippen molar-refractivity contribution in [1.82, 2.24) is 14.9 Å². The predicted octanol–water partition coefficient (Wildman–Crippen LogP) is 1.76. The highest BCUT2D eigenvalue weighted by Crippen LogP contribution is 2.23. The molecule has 136 valence electrons. The standard InChI is InChI=1S/C18H19N3O5/c1-10(2)7-12(18(24)25)20-14(22)8-21-9-19-15-11-5-3-4-6-13(11)26-16(15)17(21)23/h3-6,9-10,12H,7-8H2,1-2H3,(H,20,22)(H,24,25). The molecule has 3 rings (SSSR count). The molecule has 1 atom stereocenters. The number of carboxylic acids is 1. The highest BCUT2D eigenvalue weighted by Gasteiger charge is 2.22. The Balaban J connectivity index is 1.85. The molecular weight excluding hydrogens is 338 g/mol. The van der Waals surface area contributed by atoms with Gasteiger partial charge in [-0.15, -0.1) is 0 Å². The lowest BCUT2D eigenvalue weighted by Gasteiger charge is -2.16. The van der Waals surface area contributed by atoms with Gasteiger partial charge >= 0.3 is 5.97 Å². The molecule has 2 aromatic heterocycles. The summed E-state index contributed by atoms with van der Waals surface area (Å²) in [4.78, 5) is 40.2. The van der Waals surface area contributed by atoms with Crippen molar-refractivity contribution in [3.8, 4) is 0 Å². The SMILES string of the molecule is CC(C)CC(NC(=O)Cn1cnc2c(oc3ccccc32)c1=O)C(=O)O. The average molecular weight is 357 g/mol. The topological polar surface area (TPSA) is 114 Å². The van der Waals surface area contributed by atoms with Crippen LogP contribution in [0.3, 0.4) is 0 Å². The van der Waals surface area contributed by atoms with Gasteiger partial charge in [-0.05, 0) is 24.5 Å². The lowest BCUT2D eigenvalue weighted by Crippen LogP contribution is -2.44. The summed E-state index contributed by atoms with van der Waals surface area (Å²) in [6, 6.07) is 6.14. The molecule has 1 unspecified atom stereocenters. The molecule has 8 nitrogen and oxygen atoms in total. The van der Waals surface area contributed by atoms with Gasteiger partial charge < -0.3 is 14.8 Å². The van der Waals surface area contributed by atoms with Crippen molar-refractivity contribution in [1.29, 1.82) is 0 Å². The van der Waals surface area contributed by atoms with Crippen LogP contribution < -0.4 is 10.9 Å². The molecule has 2 N–H and O–H groups in total. The maximum atomic E-state index is 12.6. The number of nitrogens with zero attached hydrogens (tertiary/aromatic N) is 2. The molecule has 0 aliphatic carbocycles. The Kier molecular flexibility index (Phi) is 4.75. The average Bonchev–Trinajstić information content (AvgIpc) is 2.96. The van der Waals surface area contributed by atoms with Crippen molar-refractivity contribution < 1.29 is 19.1 Å². The molecule has 0 aliphatic heterocycles. The Bertz CT molecular complexity index is 1030. The fourth-order valence-corrected chi connectivity index (χ4v) is 2.82. The third-order valence-electron chi connectivity index (χ3n) is 4.00. The summed E-state index contributed by atoms with van der Waals surface area (Å²) in [7, 11) is 0. The molecule has 0 bridgehead atoms. The monoisotopic (exact) mass is 357 g/mol. The first kappa shape index (κ1) is 17.7. The zero-order chi connectivity index (χ0) is 18.8. The summed E-state index contributed by atoms with van der Waals surface area (Å²) in [5.41, 5.74) is 0.554. The molecule has 1 amide bonds. The maximum Gasteiger partial charge on any atom is 0.326 e. The Morgan fingerprint density at radius 3 is 2.73 bits per heavy atom. The summed E-state index contributed by atoms with van der Waals surface area (Å²) in [6.45, 7) is 3.40. The lowest BCUT2D eigenvalue weighted by atomic mass is 10.0. The van der Waals surface area contributed by atoms with Crippen molar-refractivity contribution in [3.63, 3.8) is 0 Å². The molecule has 0 aliphatic rings. The van der Waals surface area contributed by atoms with E-state index in [1.54, 1.807) is 18.2 Å². The molecule has 0 radical (unpaired) electrons. The summed E-state index contributed by atoms with van der Waals surface area (Å²) >= 11 is 0. The van der Waals surface area contributed by atoms with E-state index in [-0.39, 0.29) is 18.0 Å². The molecule has 1 aromatic carbocycles. The number of fused-ring (bicyclic) bond motifs is 3. The van der Waals surface area contributed by atoms with Crippen molar-refractivity contribution >= 4 is 33.9 Å². The molecule has 0 spiro atoms. The van der Waals surface area contributed by atoms with Crippen LogP contribution in [0.2, 0.25) is 0 Å². The van der Waals surface area contributed by atoms with E-state index < -0.39 is 23.5 Å². The fraction of sp³-hybridized carbons (Fsp3) is 0.333. The van der Waals surface area contributed by atoms with E-state index in [1.165, 1.54) is 6.33 Å². The second kappa shape index (κ2) is 6.99. The van der Waals surface area contributed by atoms with Gasteiger partial charge in [0.05, 0.1) is 6.33 Å². The van der Waals surface area contributed by atoms with Crippen molar-refractivity contribution in [3.05, 3.63) is 40.9 Å². The highest BCUT2D eigenvalue weighted by molar-refractivity contribution is 6.01. The van der Waals surface area contributed by atoms with Gasteiger partial charge in [-0.1, -0.05) is 26.0 Å². The summed E-state index contributed by atoms with van der Waals surface area (Å²) in [6.07, 6.45) is 1.57. The molecule has 0 fully saturated rings. The molecule has 3 aromatic rings. The first-order valence-electron chi connectivity index (χ1n) is 8.25. The number of aliphatic carboxylic acids is 1. The van der Waals surface area contributed by atoms with Crippen LogP contribution >= 0.6 is 0 Å². The number of nitrogens with one attached hydrogen (secondary N) is 1. The second-order valence-corrected chi connectivity index (χ2v) is 6.54. The number of carbonyl (C=O) groups excluding carboxylic acids is 1. The number of aromatic nitrogens is 2. The summed E-state index contributed by atoms with van der Waals surface area (Å²) in [5, 5.41) is 12.4. The zero-order valence-corrected chi connectivity index (χ0v) is 14.4. The summed E-state index contributed by atoms with van der Waals surface area (Å²) < 4.78 is 6.66. The van der Waals surface area contributed by atoms with E-state index in [4.69, 9.17) is 4.42 Å². The van der Waals surface area contributed by atoms with Crippen LogP contribution in [-0.2, 0) is 16.1 Å². The van der Waals surface area contributed by atoms with Crippen molar-refractivity contribution in [2.45, 2.75) is 32.9 Å². The predicted molar refractivity (Wildman–Crippen MR) is 94.8 cm³/mol. The molecule has 26 heavy (non-hydrogen) atoms. The first-order valence-corrected chi connectivity index (χ1v) is 8.25. The first-order chi connectivity index (χ1) is 12.4. The van der Waals surface area contributed by atoms with E-state index in [0.29, 0.717) is 17.5 Å². The molecular formula is C18H19N3O5.